The lowest BCUT2D eigenvalue weighted by molar-refractivity contribution is -0.306. The zero-order chi connectivity index (χ0) is 27.5. The second-order valence-electron chi connectivity index (χ2n) is 9.00. The number of esters is 4. The van der Waals surface area contributed by atoms with E-state index in [0.29, 0.717) is 25.7 Å². The number of ketones is 1. The molecule has 1 heterocycles. The van der Waals surface area contributed by atoms with E-state index in [1.54, 1.807) is 0 Å². The Morgan fingerprint density at radius 1 is 1.03 bits per heavy atom. The molecule has 37 heavy (non-hydrogen) atoms. The fourth-order valence-electron chi connectivity index (χ4n) is 4.46. The van der Waals surface area contributed by atoms with Gasteiger partial charge in [-0.2, -0.15) is 0 Å². The molecule has 7 atom stereocenters. The molecule has 0 spiro atoms. The number of rotatable bonds is 12. The van der Waals surface area contributed by atoms with Gasteiger partial charge in [0.1, 0.15) is 24.6 Å². The largest absolute Gasteiger partial charge is 0.469 e. The number of ether oxygens (including phenoxy) is 6. The van der Waals surface area contributed by atoms with Gasteiger partial charge in [-0.05, 0) is 25.2 Å². The van der Waals surface area contributed by atoms with Crippen LogP contribution in [0.1, 0.15) is 52.9 Å². The van der Waals surface area contributed by atoms with Crippen LogP contribution in [-0.4, -0.2) is 85.8 Å². The van der Waals surface area contributed by atoms with Gasteiger partial charge in [0.05, 0.1) is 13.7 Å². The van der Waals surface area contributed by atoms with Gasteiger partial charge in [0.2, 0.25) is 0 Å². The monoisotopic (exact) mass is 528 g/mol. The van der Waals surface area contributed by atoms with Crippen molar-refractivity contribution in [2.24, 2.45) is 11.8 Å². The molecular weight excluding hydrogens is 492 g/mol. The van der Waals surface area contributed by atoms with Gasteiger partial charge in [0.25, 0.3) is 0 Å². The highest BCUT2D eigenvalue weighted by Gasteiger charge is 2.50. The first-order chi connectivity index (χ1) is 17.5. The third kappa shape index (κ3) is 9.52. The maximum atomic E-state index is 12.2. The summed E-state index contributed by atoms with van der Waals surface area (Å²) in [7, 11) is 1.32. The summed E-state index contributed by atoms with van der Waals surface area (Å²) < 4.78 is 31.5. The molecule has 1 aliphatic carbocycles. The quantitative estimate of drug-likeness (QED) is 0.166. The first-order valence-electron chi connectivity index (χ1n) is 12.2. The summed E-state index contributed by atoms with van der Waals surface area (Å²) in [5, 5.41) is 10.6. The fraction of sp³-hybridized carbons (Fsp3) is 0.720. The lowest BCUT2D eigenvalue weighted by Gasteiger charge is -2.42. The molecule has 12 nitrogen and oxygen atoms in total. The highest BCUT2D eigenvalue weighted by Crippen LogP contribution is 2.34. The number of hydrogen-bond acceptors (Lipinski definition) is 12. The van der Waals surface area contributed by atoms with Crippen LogP contribution < -0.4 is 0 Å². The van der Waals surface area contributed by atoms with Gasteiger partial charge in [-0.1, -0.05) is 12.2 Å². The van der Waals surface area contributed by atoms with Crippen LogP contribution in [-0.2, 0) is 52.4 Å². The number of methoxy groups -OCH3 is 1. The number of aliphatic hydroxyl groups excluding tert-OH is 1. The average Bonchev–Trinajstić information content (AvgIpc) is 3.16. The van der Waals surface area contributed by atoms with Crippen molar-refractivity contribution in [3.05, 3.63) is 12.2 Å². The van der Waals surface area contributed by atoms with Crippen molar-refractivity contribution in [2.45, 2.75) is 83.6 Å². The molecule has 0 aromatic carbocycles. The average molecular weight is 529 g/mol. The minimum Gasteiger partial charge on any atom is -0.469 e. The van der Waals surface area contributed by atoms with E-state index in [4.69, 9.17) is 28.4 Å². The van der Waals surface area contributed by atoms with Crippen LogP contribution in [0.25, 0.3) is 0 Å². The van der Waals surface area contributed by atoms with Gasteiger partial charge in [-0.25, -0.2) is 0 Å². The maximum absolute atomic E-state index is 12.2. The number of carbonyl (C=O) groups is 5. The summed E-state index contributed by atoms with van der Waals surface area (Å²) in [4.78, 5) is 58.3. The van der Waals surface area contributed by atoms with Gasteiger partial charge >= 0.3 is 23.9 Å². The SMILES string of the molecule is COC(=O)C[C@H]1CCC(=O)[C@@H]1C/C=C\CCO[C@@H]1O[C@H](COC(C)=O)[C@@H](O)[C@H](OC(C)=O)[C@H]1OC(C)=O. The molecule has 2 fully saturated rings. The van der Waals surface area contributed by atoms with Crippen molar-refractivity contribution in [1.29, 1.82) is 0 Å². The topological polar surface area (TPSA) is 161 Å². The lowest BCUT2D eigenvalue weighted by Crippen LogP contribution is -2.61. The highest BCUT2D eigenvalue weighted by atomic mass is 16.7. The molecule has 0 aromatic heterocycles. The third-order valence-electron chi connectivity index (χ3n) is 6.20. The molecule has 0 amide bonds. The minimum atomic E-state index is -1.45. The molecule has 2 rings (SSSR count). The normalized spacial score (nSPS) is 29.6. The lowest BCUT2D eigenvalue weighted by atomic mass is 9.89. The van der Waals surface area contributed by atoms with Gasteiger partial charge in [0, 0.05) is 39.5 Å². The summed E-state index contributed by atoms with van der Waals surface area (Å²) in [5.41, 5.74) is 0. The van der Waals surface area contributed by atoms with E-state index in [-0.39, 0.29) is 43.2 Å². The van der Waals surface area contributed by atoms with Crippen LogP contribution in [0, 0.1) is 11.8 Å². The van der Waals surface area contributed by atoms with Crippen LogP contribution >= 0.6 is 0 Å². The van der Waals surface area contributed by atoms with Gasteiger partial charge in [0.15, 0.2) is 18.5 Å². The van der Waals surface area contributed by atoms with E-state index in [2.05, 4.69) is 0 Å². The maximum Gasteiger partial charge on any atom is 0.305 e. The minimum absolute atomic E-state index is 0.0419. The first-order valence-corrected chi connectivity index (χ1v) is 12.2. The summed E-state index contributed by atoms with van der Waals surface area (Å²) >= 11 is 0. The van der Waals surface area contributed by atoms with Crippen LogP contribution in [0.4, 0.5) is 0 Å². The summed E-state index contributed by atoms with van der Waals surface area (Å²) in [6, 6.07) is 0. The first kappa shape index (κ1) is 30.4. The molecule has 0 unspecified atom stereocenters. The Labute approximate surface area is 215 Å². The van der Waals surface area contributed by atoms with Crippen molar-refractivity contribution < 1.29 is 57.5 Å². The van der Waals surface area contributed by atoms with E-state index < -0.39 is 48.6 Å². The predicted molar refractivity (Wildman–Crippen MR) is 125 cm³/mol. The molecule has 1 N–H and O–H groups in total. The number of aliphatic hydroxyl groups is 1. The third-order valence-corrected chi connectivity index (χ3v) is 6.20. The summed E-state index contributed by atoms with van der Waals surface area (Å²) in [6.45, 7) is 3.26. The zero-order valence-electron chi connectivity index (χ0n) is 21.6. The van der Waals surface area contributed by atoms with Crippen LogP contribution in [0.15, 0.2) is 12.2 Å². The van der Waals surface area contributed by atoms with E-state index in [9.17, 15) is 29.1 Å². The van der Waals surface area contributed by atoms with Gasteiger partial charge in [-0.15, -0.1) is 0 Å². The molecule has 0 bridgehead atoms. The van der Waals surface area contributed by atoms with E-state index in [0.717, 1.165) is 13.8 Å². The molecule has 208 valence electrons. The van der Waals surface area contributed by atoms with Crippen LogP contribution in [0.3, 0.4) is 0 Å². The molecule has 2 aliphatic rings. The second kappa shape index (κ2) is 14.8. The van der Waals surface area contributed by atoms with Crippen LogP contribution in [0.2, 0.25) is 0 Å². The Balaban J connectivity index is 1.98. The Bertz CT molecular complexity index is 853. The Hall–Kier alpha value is -2.83. The second-order valence-corrected chi connectivity index (χ2v) is 9.00. The molecule has 1 saturated heterocycles. The zero-order valence-corrected chi connectivity index (χ0v) is 21.6. The smallest absolute Gasteiger partial charge is 0.305 e. The Kier molecular flexibility index (Phi) is 12.2. The van der Waals surface area contributed by atoms with Crippen LogP contribution in [0.5, 0.6) is 0 Å². The Morgan fingerprint density at radius 2 is 1.70 bits per heavy atom. The van der Waals surface area contributed by atoms with Crippen molar-refractivity contribution in [3.8, 4) is 0 Å². The molecule has 1 aliphatic heterocycles. The number of Topliss-reactive ketones (excluding diaryl/α,β-unsaturated/α-hetero) is 1. The Morgan fingerprint density at radius 3 is 2.32 bits per heavy atom. The van der Waals surface area contributed by atoms with Crippen molar-refractivity contribution in [2.75, 3.05) is 20.3 Å². The molecule has 12 heteroatoms. The summed E-state index contributed by atoms with van der Waals surface area (Å²) in [6.07, 6.45) is -0.445. The molecular formula is C25H36O12. The van der Waals surface area contributed by atoms with Crippen molar-refractivity contribution in [3.63, 3.8) is 0 Å². The van der Waals surface area contributed by atoms with Gasteiger partial charge in [-0.3, -0.25) is 24.0 Å². The fourth-order valence-corrected chi connectivity index (χ4v) is 4.46. The number of allylic oxidation sites excluding steroid dienone is 1. The standard InChI is InChI=1S/C25H36O12/c1-14(26)34-13-20-22(31)23(35-15(2)27)24(36-16(3)28)25(37-20)33-11-7-5-6-8-18-17(9-10-19(18)29)12-21(30)32-4/h5-6,17-18,20,22-25,31H,7-13H2,1-4H3/b6-5-/t17-,18-,20-,22-,23+,24-,25-/m1/s1. The number of hydrogen-bond donors (Lipinski definition) is 1. The van der Waals surface area contributed by atoms with Gasteiger partial charge < -0.3 is 33.5 Å². The number of carbonyl (C=O) groups excluding carboxylic acids is 5. The highest BCUT2D eigenvalue weighted by molar-refractivity contribution is 5.84. The molecule has 0 radical (unpaired) electrons. The van der Waals surface area contributed by atoms with E-state index in [1.807, 2.05) is 12.2 Å². The summed E-state index contributed by atoms with van der Waals surface area (Å²) in [5.74, 6) is -2.50. The van der Waals surface area contributed by atoms with E-state index in [1.165, 1.54) is 14.0 Å². The van der Waals surface area contributed by atoms with E-state index >= 15 is 0 Å². The molecule has 0 aromatic rings. The van der Waals surface area contributed by atoms with Crippen molar-refractivity contribution in [1.82, 2.24) is 0 Å². The predicted octanol–water partition coefficient (Wildman–Crippen LogP) is 1.01. The van der Waals surface area contributed by atoms with Crippen molar-refractivity contribution >= 4 is 29.7 Å². The molecule has 1 saturated carbocycles.